The first kappa shape index (κ1) is 13.9. The molecule has 2 aromatic rings. The number of aromatic carboxylic acids is 1. The number of benzene rings is 1. The minimum Gasteiger partial charge on any atom is -0.478 e. The second-order valence-corrected chi connectivity index (χ2v) is 5.25. The van der Waals surface area contributed by atoms with E-state index in [4.69, 9.17) is 5.11 Å². The number of alkyl halides is 3. The molecule has 0 spiro atoms. The fourth-order valence-corrected chi connectivity index (χ4v) is 2.81. The van der Waals surface area contributed by atoms with Gasteiger partial charge in [0.15, 0.2) is 0 Å². The van der Waals surface area contributed by atoms with E-state index in [2.05, 4.69) is 4.98 Å². The zero-order valence-electron chi connectivity index (χ0n) is 11.2. The molecule has 1 aliphatic carbocycles. The number of carboxylic acid groups (broad SMARTS) is 1. The summed E-state index contributed by atoms with van der Waals surface area (Å²) in [5.41, 5.74) is -0.0623. The third-order valence-corrected chi connectivity index (χ3v) is 3.95. The van der Waals surface area contributed by atoms with E-state index in [1.165, 1.54) is 18.2 Å². The summed E-state index contributed by atoms with van der Waals surface area (Å²) >= 11 is 0. The van der Waals surface area contributed by atoms with Gasteiger partial charge in [0.1, 0.15) is 5.52 Å². The van der Waals surface area contributed by atoms with Gasteiger partial charge in [0.2, 0.25) is 5.82 Å². The molecule has 2 atom stereocenters. The highest BCUT2D eigenvalue weighted by Crippen LogP contribution is 2.49. The number of halogens is 3. The summed E-state index contributed by atoms with van der Waals surface area (Å²) in [5, 5.41) is 9.11. The zero-order valence-corrected chi connectivity index (χ0v) is 11.2. The first-order valence-electron chi connectivity index (χ1n) is 6.66. The second-order valence-electron chi connectivity index (χ2n) is 5.25. The number of carbonyl (C=O) groups is 1. The molecule has 0 radical (unpaired) electrons. The first-order chi connectivity index (χ1) is 9.84. The van der Waals surface area contributed by atoms with Gasteiger partial charge in [-0.15, -0.1) is 0 Å². The molecule has 2 unspecified atom stereocenters. The van der Waals surface area contributed by atoms with Crippen LogP contribution in [-0.2, 0) is 6.18 Å². The Kier molecular flexibility index (Phi) is 2.96. The van der Waals surface area contributed by atoms with Crippen molar-refractivity contribution >= 4 is 17.0 Å². The molecule has 1 heterocycles. The van der Waals surface area contributed by atoms with E-state index in [-0.39, 0.29) is 28.6 Å². The summed E-state index contributed by atoms with van der Waals surface area (Å²) in [6.07, 6.45) is -3.14. The fraction of sp³-hybridized carbons (Fsp3) is 0.429. The topological polar surface area (TPSA) is 55.1 Å². The number of fused-ring (bicyclic) bond motifs is 1. The van der Waals surface area contributed by atoms with Gasteiger partial charge in [-0.3, -0.25) is 0 Å². The van der Waals surface area contributed by atoms with Crippen LogP contribution in [0.4, 0.5) is 13.2 Å². The molecular weight excluding hydrogens is 285 g/mol. The van der Waals surface area contributed by atoms with Crippen molar-refractivity contribution in [1.82, 2.24) is 9.55 Å². The highest BCUT2D eigenvalue weighted by Gasteiger charge is 2.46. The molecular formula is C14H13F3N2O2. The number of aromatic nitrogens is 2. The molecule has 0 saturated heterocycles. The lowest BCUT2D eigenvalue weighted by Crippen LogP contribution is -2.14. The largest absolute Gasteiger partial charge is 0.478 e. The van der Waals surface area contributed by atoms with Gasteiger partial charge in [-0.25, -0.2) is 9.78 Å². The highest BCUT2D eigenvalue weighted by atomic mass is 19.4. The lowest BCUT2D eigenvalue weighted by Gasteiger charge is -2.11. The normalized spacial score (nSPS) is 21.7. The van der Waals surface area contributed by atoms with Crippen LogP contribution in [0.1, 0.15) is 42.0 Å². The van der Waals surface area contributed by atoms with Crippen molar-refractivity contribution in [2.24, 2.45) is 5.92 Å². The van der Waals surface area contributed by atoms with Crippen molar-refractivity contribution in [3.8, 4) is 0 Å². The number of rotatable bonds is 3. The molecule has 1 aliphatic rings. The van der Waals surface area contributed by atoms with Crippen LogP contribution in [0.5, 0.6) is 0 Å². The van der Waals surface area contributed by atoms with Gasteiger partial charge in [0, 0.05) is 6.04 Å². The smallest absolute Gasteiger partial charge is 0.449 e. The summed E-state index contributed by atoms with van der Waals surface area (Å²) in [7, 11) is 0. The Labute approximate surface area is 118 Å². The minimum absolute atomic E-state index is 0.0981. The van der Waals surface area contributed by atoms with Crippen LogP contribution in [0.15, 0.2) is 18.2 Å². The van der Waals surface area contributed by atoms with Gasteiger partial charge in [-0.1, -0.05) is 19.4 Å². The molecule has 4 nitrogen and oxygen atoms in total. The van der Waals surface area contributed by atoms with Crippen molar-refractivity contribution in [3.63, 3.8) is 0 Å². The fourth-order valence-electron chi connectivity index (χ4n) is 2.81. The molecule has 112 valence electrons. The lowest BCUT2D eigenvalue weighted by atomic mass is 10.2. The van der Waals surface area contributed by atoms with Gasteiger partial charge >= 0.3 is 12.1 Å². The molecule has 1 saturated carbocycles. The zero-order chi connectivity index (χ0) is 15.4. The molecule has 3 rings (SSSR count). The highest BCUT2D eigenvalue weighted by molar-refractivity contribution is 6.01. The van der Waals surface area contributed by atoms with Gasteiger partial charge < -0.3 is 9.67 Å². The molecule has 0 aliphatic heterocycles. The van der Waals surface area contributed by atoms with Crippen molar-refractivity contribution in [1.29, 1.82) is 0 Å². The summed E-state index contributed by atoms with van der Waals surface area (Å²) in [6, 6.07) is 3.97. The van der Waals surface area contributed by atoms with Crippen LogP contribution in [-0.4, -0.2) is 20.6 Å². The summed E-state index contributed by atoms with van der Waals surface area (Å²) in [6.45, 7) is 1.93. The third-order valence-electron chi connectivity index (χ3n) is 3.95. The van der Waals surface area contributed by atoms with Crippen molar-refractivity contribution in [2.45, 2.75) is 32.0 Å². The maximum absolute atomic E-state index is 13.2. The number of hydrogen-bond donors (Lipinski definition) is 1. The quantitative estimate of drug-likeness (QED) is 0.939. The van der Waals surface area contributed by atoms with Crippen LogP contribution >= 0.6 is 0 Å². The predicted molar refractivity (Wildman–Crippen MR) is 69.1 cm³/mol. The molecule has 1 aromatic heterocycles. The van der Waals surface area contributed by atoms with Gasteiger partial charge in [-0.2, -0.15) is 13.2 Å². The van der Waals surface area contributed by atoms with E-state index in [1.807, 2.05) is 6.92 Å². The Bertz CT molecular complexity index is 721. The van der Waals surface area contributed by atoms with Crippen molar-refractivity contribution < 1.29 is 23.1 Å². The third kappa shape index (κ3) is 2.16. The number of nitrogens with zero attached hydrogens (tertiary/aromatic N) is 2. The van der Waals surface area contributed by atoms with Crippen molar-refractivity contribution in [3.05, 3.63) is 29.6 Å². The van der Waals surface area contributed by atoms with Crippen LogP contribution < -0.4 is 0 Å². The van der Waals surface area contributed by atoms with Crippen LogP contribution in [0.3, 0.4) is 0 Å². The number of imidazole rings is 1. The maximum Gasteiger partial charge on any atom is 0.449 e. The molecule has 7 heteroatoms. The number of hydrogen-bond acceptors (Lipinski definition) is 2. The Balaban J connectivity index is 2.27. The SMILES string of the molecule is CCC1CC1n1c(C(F)(F)F)nc2c(C(=O)O)cccc21. The molecule has 0 bridgehead atoms. The second kappa shape index (κ2) is 4.47. The van der Waals surface area contributed by atoms with E-state index in [1.54, 1.807) is 0 Å². The average molecular weight is 298 g/mol. The summed E-state index contributed by atoms with van der Waals surface area (Å²) < 4.78 is 40.8. The van der Waals surface area contributed by atoms with E-state index in [0.717, 1.165) is 11.0 Å². The van der Waals surface area contributed by atoms with Gasteiger partial charge in [0.25, 0.3) is 0 Å². The van der Waals surface area contributed by atoms with E-state index >= 15 is 0 Å². The Morgan fingerprint density at radius 1 is 1.48 bits per heavy atom. The standard InChI is InChI=1S/C14H13F3N2O2/c1-2-7-6-10(7)19-9-5-3-4-8(12(20)21)11(9)18-13(19)14(15,16)17/h3-5,7,10H,2,6H2,1H3,(H,20,21). The van der Waals surface area contributed by atoms with Crippen LogP contribution in [0, 0.1) is 5.92 Å². The molecule has 21 heavy (non-hydrogen) atoms. The Hall–Kier alpha value is -2.05. The van der Waals surface area contributed by atoms with Crippen LogP contribution in [0.25, 0.3) is 11.0 Å². The number of para-hydroxylation sites is 1. The molecule has 1 N–H and O–H groups in total. The Morgan fingerprint density at radius 2 is 2.19 bits per heavy atom. The van der Waals surface area contributed by atoms with E-state index in [0.29, 0.717) is 6.42 Å². The monoisotopic (exact) mass is 298 g/mol. The Morgan fingerprint density at radius 3 is 2.71 bits per heavy atom. The van der Waals surface area contributed by atoms with E-state index in [9.17, 15) is 18.0 Å². The summed E-state index contributed by atoms with van der Waals surface area (Å²) in [5.74, 6) is -2.09. The maximum atomic E-state index is 13.2. The predicted octanol–water partition coefficient (Wildman–Crippen LogP) is 3.72. The van der Waals surface area contributed by atoms with Crippen LogP contribution in [0.2, 0.25) is 0 Å². The van der Waals surface area contributed by atoms with Crippen molar-refractivity contribution in [2.75, 3.05) is 0 Å². The minimum atomic E-state index is -4.60. The lowest BCUT2D eigenvalue weighted by molar-refractivity contribution is -0.147. The molecule has 1 aromatic carbocycles. The summed E-state index contributed by atoms with van der Waals surface area (Å²) in [4.78, 5) is 14.8. The average Bonchev–Trinajstić information content (AvgIpc) is 3.07. The number of carboxylic acids is 1. The van der Waals surface area contributed by atoms with Gasteiger partial charge in [0.05, 0.1) is 11.1 Å². The first-order valence-corrected chi connectivity index (χ1v) is 6.66. The molecule has 1 fully saturated rings. The molecule has 0 amide bonds. The van der Waals surface area contributed by atoms with E-state index < -0.39 is 18.0 Å². The van der Waals surface area contributed by atoms with Gasteiger partial charge in [-0.05, 0) is 24.5 Å².